The molecule has 2 N–H and O–H groups in total. The summed E-state index contributed by atoms with van der Waals surface area (Å²) < 4.78 is 0. The highest BCUT2D eigenvalue weighted by Crippen LogP contribution is 1.97. The molecule has 0 fully saturated rings. The summed E-state index contributed by atoms with van der Waals surface area (Å²) in [6.07, 6.45) is 2.13. The van der Waals surface area contributed by atoms with Gasteiger partial charge in [-0.2, -0.15) is 5.10 Å². The van der Waals surface area contributed by atoms with E-state index >= 15 is 0 Å². The molecule has 0 bridgehead atoms. The molecule has 0 aliphatic carbocycles. The third-order valence-electron chi connectivity index (χ3n) is 2.36. The lowest BCUT2D eigenvalue weighted by atomic mass is 10.1. The summed E-state index contributed by atoms with van der Waals surface area (Å²) in [5.41, 5.74) is 0. The zero-order chi connectivity index (χ0) is 10.4. The van der Waals surface area contributed by atoms with Crippen molar-refractivity contribution in [2.45, 2.75) is 33.6 Å². The molecule has 1 heterocycles. The lowest BCUT2D eigenvalue weighted by Crippen LogP contribution is -2.23. The Balaban J connectivity index is 2.10. The predicted octanol–water partition coefficient (Wildman–Crippen LogP) is 1.29. The molecule has 1 rings (SSSR count). The van der Waals surface area contributed by atoms with Gasteiger partial charge in [0, 0.05) is 13.0 Å². The number of aryl methyl sites for hydroxylation is 1. The van der Waals surface area contributed by atoms with Gasteiger partial charge in [-0.25, -0.2) is 4.98 Å². The Morgan fingerprint density at radius 2 is 2.29 bits per heavy atom. The molecule has 14 heavy (non-hydrogen) atoms. The molecule has 0 amide bonds. The lowest BCUT2D eigenvalue weighted by Gasteiger charge is -2.08. The third kappa shape index (κ3) is 3.87. The highest BCUT2D eigenvalue weighted by atomic mass is 15.2. The van der Waals surface area contributed by atoms with E-state index in [0.717, 1.165) is 37.1 Å². The Bertz CT molecular complexity index is 256. The van der Waals surface area contributed by atoms with E-state index in [1.54, 1.807) is 0 Å². The highest BCUT2D eigenvalue weighted by molar-refractivity contribution is 4.87. The van der Waals surface area contributed by atoms with E-state index in [-0.39, 0.29) is 0 Å². The molecule has 1 aromatic rings. The van der Waals surface area contributed by atoms with Crippen LogP contribution < -0.4 is 5.32 Å². The second-order valence-electron chi connectivity index (χ2n) is 3.80. The minimum Gasteiger partial charge on any atom is -0.316 e. The van der Waals surface area contributed by atoms with Crippen molar-refractivity contribution in [3.8, 4) is 0 Å². The average molecular weight is 196 g/mol. The van der Waals surface area contributed by atoms with E-state index < -0.39 is 0 Å². The number of hydrogen-bond donors (Lipinski definition) is 2. The normalized spacial score (nSPS) is 13.1. The maximum Gasteiger partial charge on any atom is 0.151 e. The van der Waals surface area contributed by atoms with Gasteiger partial charge < -0.3 is 5.32 Å². The van der Waals surface area contributed by atoms with E-state index in [9.17, 15) is 0 Å². The summed E-state index contributed by atoms with van der Waals surface area (Å²) in [6, 6.07) is 0. The van der Waals surface area contributed by atoms with E-state index in [1.807, 2.05) is 6.92 Å². The van der Waals surface area contributed by atoms with Gasteiger partial charge in [0.2, 0.25) is 0 Å². The molecule has 1 aromatic heterocycles. The van der Waals surface area contributed by atoms with Gasteiger partial charge in [-0.1, -0.05) is 20.3 Å². The fourth-order valence-electron chi connectivity index (χ4n) is 1.19. The number of aromatic amines is 1. The van der Waals surface area contributed by atoms with Crippen LogP contribution in [-0.2, 0) is 6.42 Å². The van der Waals surface area contributed by atoms with Crippen LogP contribution in [0.2, 0.25) is 0 Å². The predicted molar refractivity (Wildman–Crippen MR) is 57.1 cm³/mol. The van der Waals surface area contributed by atoms with Crippen LogP contribution in [-0.4, -0.2) is 28.3 Å². The third-order valence-corrected chi connectivity index (χ3v) is 2.36. The highest BCUT2D eigenvalue weighted by Gasteiger charge is 2.00. The molecule has 0 saturated carbocycles. The van der Waals surface area contributed by atoms with Gasteiger partial charge in [0.25, 0.3) is 0 Å². The van der Waals surface area contributed by atoms with Crippen molar-refractivity contribution >= 4 is 0 Å². The summed E-state index contributed by atoms with van der Waals surface area (Å²) in [7, 11) is 0. The fraction of sp³-hybridized carbons (Fsp3) is 0.800. The fourth-order valence-corrected chi connectivity index (χ4v) is 1.19. The largest absolute Gasteiger partial charge is 0.316 e. The minimum absolute atomic E-state index is 0.754. The van der Waals surface area contributed by atoms with Crippen molar-refractivity contribution in [3.05, 3.63) is 11.6 Å². The smallest absolute Gasteiger partial charge is 0.151 e. The average Bonchev–Trinajstić information content (AvgIpc) is 2.58. The van der Waals surface area contributed by atoms with E-state index in [1.165, 1.54) is 6.42 Å². The van der Waals surface area contributed by atoms with Crippen LogP contribution in [0.25, 0.3) is 0 Å². The number of H-pyrrole nitrogens is 1. The number of nitrogens with zero attached hydrogens (tertiary/aromatic N) is 2. The first kappa shape index (κ1) is 11.2. The second-order valence-corrected chi connectivity index (χ2v) is 3.80. The topological polar surface area (TPSA) is 53.6 Å². The number of hydrogen-bond acceptors (Lipinski definition) is 3. The molecule has 0 aliphatic rings. The van der Waals surface area contributed by atoms with Gasteiger partial charge >= 0.3 is 0 Å². The van der Waals surface area contributed by atoms with Crippen LogP contribution in [0.5, 0.6) is 0 Å². The number of aromatic nitrogens is 3. The molecule has 0 spiro atoms. The second kappa shape index (κ2) is 5.75. The molecule has 1 atom stereocenters. The number of rotatable bonds is 6. The van der Waals surface area contributed by atoms with Crippen molar-refractivity contribution in [2.24, 2.45) is 5.92 Å². The van der Waals surface area contributed by atoms with Gasteiger partial charge in [-0.15, -0.1) is 0 Å². The van der Waals surface area contributed by atoms with E-state index in [4.69, 9.17) is 0 Å². The summed E-state index contributed by atoms with van der Waals surface area (Å²) >= 11 is 0. The monoisotopic (exact) mass is 196 g/mol. The molecule has 0 saturated heterocycles. The summed E-state index contributed by atoms with van der Waals surface area (Å²) in [5, 5.41) is 10.3. The van der Waals surface area contributed by atoms with Crippen LogP contribution in [0.15, 0.2) is 0 Å². The Morgan fingerprint density at radius 3 is 2.86 bits per heavy atom. The first-order chi connectivity index (χ1) is 6.72. The molecule has 0 radical (unpaired) electrons. The zero-order valence-electron chi connectivity index (χ0n) is 9.30. The lowest BCUT2D eigenvalue weighted by molar-refractivity contribution is 0.500. The zero-order valence-corrected chi connectivity index (χ0v) is 9.30. The molecule has 4 nitrogen and oxygen atoms in total. The van der Waals surface area contributed by atoms with Gasteiger partial charge in [0.1, 0.15) is 5.82 Å². The van der Waals surface area contributed by atoms with Gasteiger partial charge in [0.15, 0.2) is 5.82 Å². The van der Waals surface area contributed by atoms with Crippen molar-refractivity contribution in [1.29, 1.82) is 0 Å². The minimum atomic E-state index is 0.754. The first-order valence-corrected chi connectivity index (χ1v) is 5.31. The van der Waals surface area contributed by atoms with Crippen molar-refractivity contribution in [2.75, 3.05) is 13.1 Å². The van der Waals surface area contributed by atoms with Crippen molar-refractivity contribution < 1.29 is 0 Å². The van der Waals surface area contributed by atoms with Gasteiger partial charge in [-0.05, 0) is 19.4 Å². The Morgan fingerprint density at radius 1 is 1.50 bits per heavy atom. The molecule has 80 valence electrons. The van der Waals surface area contributed by atoms with Crippen LogP contribution in [0.3, 0.4) is 0 Å². The van der Waals surface area contributed by atoms with Crippen molar-refractivity contribution in [3.63, 3.8) is 0 Å². The molecule has 0 aliphatic heterocycles. The van der Waals surface area contributed by atoms with Crippen molar-refractivity contribution in [1.82, 2.24) is 20.5 Å². The van der Waals surface area contributed by atoms with Gasteiger partial charge in [-0.3, -0.25) is 5.10 Å². The summed E-state index contributed by atoms with van der Waals surface area (Å²) in [4.78, 5) is 4.24. The van der Waals surface area contributed by atoms with Gasteiger partial charge in [0.05, 0.1) is 0 Å². The molecule has 0 aromatic carbocycles. The maximum absolute atomic E-state index is 4.24. The SMILES string of the molecule is CCC(C)CNCCc1n[nH]c(C)n1. The molecule has 4 heteroatoms. The Labute approximate surface area is 85.5 Å². The first-order valence-electron chi connectivity index (χ1n) is 5.31. The summed E-state index contributed by atoms with van der Waals surface area (Å²) in [6.45, 7) is 8.43. The summed E-state index contributed by atoms with van der Waals surface area (Å²) in [5.74, 6) is 2.55. The standard InChI is InChI=1S/C10H20N4/c1-4-8(2)7-11-6-5-10-12-9(3)13-14-10/h8,11H,4-7H2,1-3H3,(H,12,13,14). The molecular formula is C10H20N4. The van der Waals surface area contributed by atoms with Crippen LogP contribution in [0.4, 0.5) is 0 Å². The van der Waals surface area contributed by atoms with Crippen LogP contribution >= 0.6 is 0 Å². The molecular weight excluding hydrogens is 176 g/mol. The Hall–Kier alpha value is -0.900. The van der Waals surface area contributed by atoms with E-state index in [2.05, 4.69) is 34.3 Å². The quantitative estimate of drug-likeness (QED) is 0.674. The van der Waals surface area contributed by atoms with Crippen LogP contribution in [0, 0.1) is 12.8 Å². The number of nitrogens with one attached hydrogen (secondary N) is 2. The van der Waals surface area contributed by atoms with E-state index in [0.29, 0.717) is 0 Å². The molecule has 1 unspecified atom stereocenters. The van der Waals surface area contributed by atoms with Crippen LogP contribution in [0.1, 0.15) is 31.9 Å². The Kier molecular flexibility index (Phi) is 4.59. The maximum atomic E-state index is 4.24.